The zero-order valence-corrected chi connectivity index (χ0v) is 21.6. The first-order valence-corrected chi connectivity index (χ1v) is 12.1. The molecule has 1 fully saturated rings. The maximum absolute atomic E-state index is 12.4. The fraction of sp³-hybridized carbons (Fsp3) is 0.464. The molecule has 6 heteroatoms. The highest BCUT2D eigenvalue weighted by atomic mass is 16.5. The highest BCUT2D eigenvalue weighted by Gasteiger charge is 2.18. The van der Waals surface area contributed by atoms with E-state index < -0.39 is 0 Å². The number of ether oxygens (including phenoxy) is 3. The summed E-state index contributed by atoms with van der Waals surface area (Å²) in [5, 5.41) is 0.882. The van der Waals surface area contributed by atoms with Gasteiger partial charge >= 0.3 is 5.97 Å². The molecule has 0 saturated carbocycles. The van der Waals surface area contributed by atoms with Crippen LogP contribution in [0.4, 0.5) is 0 Å². The first-order chi connectivity index (χ1) is 16.4. The monoisotopic (exact) mass is 468 g/mol. The molecule has 1 aromatic carbocycles. The Morgan fingerprint density at radius 1 is 1.24 bits per heavy atom. The van der Waals surface area contributed by atoms with Crippen LogP contribution in [0, 0.1) is 0 Å². The molecule has 0 aliphatic carbocycles. The van der Waals surface area contributed by atoms with E-state index in [-0.39, 0.29) is 5.97 Å². The van der Waals surface area contributed by atoms with Gasteiger partial charge in [-0.25, -0.2) is 4.79 Å². The molecule has 34 heavy (non-hydrogen) atoms. The fourth-order valence-electron chi connectivity index (χ4n) is 4.15. The largest absolute Gasteiger partial charge is 0.501 e. The second-order valence-electron chi connectivity index (χ2n) is 8.19. The summed E-state index contributed by atoms with van der Waals surface area (Å²) in [4.78, 5) is 14.9. The lowest BCUT2D eigenvalue weighted by Crippen LogP contribution is -2.25. The van der Waals surface area contributed by atoms with Crippen LogP contribution < -0.4 is 4.74 Å². The topological polar surface area (TPSA) is 52.9 Å². The normalized spacial score (nSPS) is 16.4. The highest BCUT2D eigenvalue weighted by molar-refractivity contribution is 5.99. The average Bonchev–Trinajstić information content (AvgIpc) is 3.44. The predicted molar refractivity (Wildman–Crippen MR) is 140 cm³/mol. The van der Waals surface area contributed by atoms with Gasteiger partial charge in [-0.15, -0.1) is 0 Å². The van der Waals surface area contributed by atoms with Gasteiger partial charge in [0.15, 0.2) is 0 Å². The Kier molecular flexibility index (Phi) is 10.9. The third-order valence-corrected chi connectivity index (χ3v) is 6.09. The number of allylic oxidation sites excluding steroid dienone is 4. The molecule has 0 N–H and O–H groups in total. The lowest BCUT2D eigenvalue weighted by molar-refractivity contribution is 0.0518. The van der Waals surface area contributed by atoms with E-state index in [1.54, 1.807) is 31.8 Å². The number of esters is 1. The number of benzene rings is 1. The van der Waals surface area contributed by atoms with Crippen molar-refractivity contribution in [2.45, 2.75) is 53.0 Å². The van der Waals surface area contributed by atoms with Gasteiger partial charge < -0.3 is 23.7 Å². The number of carbonyl (C=O) groups excluding carboxylic acids is 1. The lowest BCUT2D eigenvalue weighted by Gasteiger charge is -2.17. The van der Waals surface area contributed by atoms with Gasteiger partial charge in [0, 0.05) is 23.5 Å². The van der Waals surface area contributed by atoms with E-state index in [9.17, 15) is 4.79 Å². The first-order valence-electron chi connectivity index (χ1n) is 12.1. The average molecular weight is 469 g/mol. The van der Waals surface area contributed by atoms with Crippen LogP contribution in [0.15, 0.2) is 54.8 Å². The van der Waals surface area contributed by atoms with Crippen LogP contribution in [0.3, 0.4) is 0 Å². The molecule has 0 bridgehead atoms. The van der Waals surface area contributed by atoms with E-state index >= 15 is 0 Å². The van der Waals surface area contributed by atoms with Crippen molar-refractivity contribution < 1.29 is 19.0 Å². The number of rotatable bonds is 9. The van der Waals surface area contributed by atoms with E-state index in [1.165, 1.54) is 25.9 Å². The van der Waals surface area contributed by atoms with Crippen molar-refractivity contribution in [2.24, 2.45) is 0 Å². The van der Waals surface area contributed by atoms with Crippen LogP contribution in [-0.4, -0.2) is 55.4 Å². The Morgan fingerprint density at radius 3 is 2.53 bits per heavy atom. The molecular weight excluding hydrogens is 428 g/mol. The summed E-state index contributed by atoms with van der Waals surface area (Å²) in [6.45, 7) is 15.3. The van der Waals surface area contributed by atoms with Gasteiger partial charge in [-0.2, -0.15) is 0 Å². The second-order valence-corrected chi connectivity index (χ2v) is 8.19. The van der Waals surface area contributed by atoms with Gasteiger partial charge in [0.05, 0.1) is 32.1 Å². The summed E-state index contributed by atoms with van der Waals surface area (Å²) in [6.07, 6.45) is 9.20. The van der Waals surface area contributed by atoms with Crippen molar-refractivity contribution in [1.29, 1.82) is 0 Å². The third-order valence-electron chi connectivity index (χ3n) is 6.09. The molecule has 0 radical (unpaired) electrons. The first kappa shape index (κ1) is 27.3. The van der Waals surface area contributed by atoms with Gasteiger partial charge in [-0.05, 0) is 83.1 Å². The maximum Gasteiger partial charge on any atom is 0.355 e. The lowest BCUT2D eigenvalue weighted by atomic mass is 10.2. The molecule has 2 aromatic rings. The summed E-state index contributed by atoms with van der Waals surface area (Å²) in [6, 6.07) is 8.30. The van der Waals surface area contributed by atoms with Crippen LogP contribution in [0.25, 0.3) is 16.6 Å². The van der Waals surface area contributed by atoms with Crippen LogP contribution in [0.5, 0.6) is 5.75 Å². The molecule has 1 atom stereocenters. The van der Waals surface area contributed by atoms with Gasteiger partial charge in [0.2, 0.25) is 0 Å². The number of methoxy groups -OCH3 is 2. The van der Waals surface area contributed by atoms with Gasteiger partial charge in [-0.3, -0.25) is 0 Å². The molecule has 1 aromatic heterocycles. The number of aromatic nitrogens is 1. The SMILES string of the molecule is C=C(/C=C\C/C(=C\C)OC)n1c(C(=O)OCC)cc2cc(OC)ccc21.CCN1CCCC1C. The second kappa shape index (κ2) is 13.7. The smallest absolute Gasteiger partial charge is 0.355 e. The van der Waals surface area contributed by atoms with E-state index in [0.29, 0.717) is 24.4 Å². The number of hydrogen-bond acceptors (Lipinski definition) is 5. The summed E-state index contributed by atoms with van der Waals surface area (Å²) in [5.41, 5.74) is 1.96. The highest BCUT2D eigenvalue weighted by Crippen LogP contribution is 2.28. The molecule has 3 rings (SSSR count). The van der Waals surface area contributed by atoms with Crippen molar-refractivity contribution in [3.8, 4) is 5.75 Å². The molecule has 1 saturated heterocycles. The van der Waals surface area contributed by atoms with Crippen LogP contribution in [-0.2, 0) is 9.47 Å². The Morgan fingerprint density at radius 2 is 2.00 bits per heavy atom. The molecule has 6 nitrogen and oxygen atoms in total. The zero-order chi connectivity index (χ0) is 25.1. The summed E-state index contributed by atoms with van der Waals surface area (Å²) < 4.78 is 17.5. The van der Waals surface area contributed by atoms with Crippen LogP contribution in [0.2, 0.25) is 0 Å². The molecule has 1 aliphatic heterocycles. The number of fused-ring (bicyclic) bond motifs is 1. The van der Waals surface area contributed by atoms with Gasteiger partial charge in [-0.1, -0.05) is 19.6 Å². The Balaban J connectivity index is 0.000000430. The van der Waals surface area contributed by atoms with Crippen LogP contribution in [0.1, 0.15) is 57.4 Å². The van der Waals surface area contributed by atoms with Crippen LogP contribution >= 0.6 is 0 Å². The molecule has 0 amide bonds. The Labute approximate surface area is 204 Å². The summed E-state index contributed by atoms with van der Waals surface area (Å²) in [5.74, 6) is 1.20. The number of likely N-dealkylation sites (tertiary alicyclic amines) is 1. The van der Waals surface area contributed by atoms with Gasteiger partial charge in [0.25, 0.3) is 0 Å². The van der Waals surface area contributed by atoms with Crippen molar-refractivity contribution in [3.63, 3.8) is 0 Å². The number of nitrogens with zero attached hydrogens (tertiary/aromatic N) is 2. The fourth-order valence-corrected chi connectivity index (χ4v) is 4.15. The zero-order valence-electron chi connectivity index (χ0n) is 21.6. The molecular formula is C28H40N2O4. The van der Waals surface area contributed by atoms with E-state index in [2.05, 4.69) is 25.3 Å². The Bertz CT molecular complexity index is 1020. The van der Waals surface area contributed by atoms with Crippen molar-refractivity contribution in [3.05, 3.63) is 60.5 Å². The minimum atomic E-state index is -0.386. The molecule has 1 aliphatic rings. The van der Waals surface area contributed by atoms with Crippen molar-refractivity contribution >= 4 is 22.6 Å². The predicted octanol–water partition coefficient (Wildman–Crippen LogP) is 6.28. The molecule has 1 unspecified atom stereocenters. The summed E-state index contributed by atoms with van der Waals surface area (Å²) in [7, 11) is 3.25. The van der Waals surface area contributed by atoms with E-state index in [4.69, 9.17) is 14.2 Å². The van der Waals surface area contributed by atoms with Gasteiger partial charge in [0.1, 0.15) is 11.4 Å². The van der Waals surface area contributed by atoms with Crippen molar-refractivity contribution in [2.75, 3.05) is 33.9 Å². The minimum Gasteiger partial charge on any atom is -0.501 e. The standard InChI is InChI=1S/C21H25NO4.C7H15N/c1-6-17(24-4)10-8-9-15(3)22-19-12-11-18(25-5)13-16(19)14-20(22)21(23)26-7-2;1-3-8-6-4-5-7(8)2/h6,8-9,11-14H,3,7,10H2,1-2,4-5H3;7H,3-6H2,1-2H3/b9-8-,17-6+;. The Hall–Kier alpha value is -2.99. The minimum absolute atomic E-state index is 0.310. The molecule has 186 valence electrons. The summed E-state index contributed by atoms with van der Waals surface area (Å²) >= 11 is 0. The number of hydrogen-bond donors (Lipinski definition) is 0. The third kappa shape index (κ3) is 7.00. The molecule has 2 heterocycles. The van der Waals surface area contributed by atoms with Crippen molar-refractivity contribution in [1.82, 2.24) is 9.47 Å². The maximum atomic E-state index is 12.4. The van der Waals surface area contributed by atoms with E-state index in [0.717, 1.165) is 28.5 Å². The quantitative estimate of drug-likeness (QED) is 0.246. The van der Waals surface area contributed by atoms with E-state index in [1.807, 2.05) is 43.4 Å². The number of carbonyl (C=O) groups is 1. The molecule has 0 spiro atoms.